The quantitative estimate of drug-likeness (QED) is 0.294. The fourth-order valence-corrected chi connectivity index (χ4v) is 2.95. The summed E-state index contributed by atoms with van der Waals surface area (Å²) in [4.78, 5) is 4.29. The van der Waals surface area contributed by atoms with Gasteiger partial charge in [-0.05, 0) is 30.7 Å². The molecule has 1 aromatic carbocycles. The van der Waals surface area contributed by atoms with Crippen molar-refractivity contribution >= 4 is 11.6 Å². The fourth-order valence-electron chi connectivity index (χ4n) is 2.95. The van der Waals surface area contributed by atoms with E-state index >= 15 is 0 Å². The molecule has 136 valence electrons. The van der Waals surface area contributed by atoms with Crippen LogP contribution in [0.15, 0.2) is 24.3 Å². The van der Waals surface area contributed by atoms with Gasteiger partial charge >= 0.3 is 5.96 Å². The Bertz CT molecular complexity index is 490. The third-order valence-corrected chi connectivity index (χ3v) is 4.09. The van der Waals surface area contributed by atoms with E-state index in [0.29, 0.717) is 0 Å². The van der Waals surface area contributed by atoms with Crippen molar-refractivity contribution in [2.75, 3.05) is 46.7 Å². The van der Waals surface area contributed by atoms with Gasteiger partial charge < -0.3 is 4.74 Å². The molecule has 0 radical (unpaired) electrons. The van der Waals surface area contributed by atoms with Crippen molar-refractivity contribution in [2.24, 2.45) is 0 Å². The molecule has 0 spiro atoms. The van der Waals surface area contributed by atoms with E-state index in [9.17, 15) is 0 Å². The topological polar surface area (TPSA) is 18.7 Å². The van der Waals surface area contributed by atoms with Crippen LogP contribution in [0.25, 0.3) is 0 Å². The summed E-state index contributed by atoms with van der Waals surface area (Å²) < 4.78 is 7.97. The van der Waals surface area contributed by atoms with Crippen molar-refractivity contribution < 1.29 is 9.31 Å². The Kier molecular flexibility index (Phi) is 9.28. The molecule has 1 rings (SSSR count). The zero-order chi connectivity index (χ0) is 17.9. The molecule has 0 fully saturated rings. The van der Waals surface area contributed by atoms with Crippen LogP contribution in [0.1, 0.15) is 45.4 Å². The second-order valence-corrected chi connectivity index (χ2v) is 6.76. The summed E-state index contributed by atoms with van der Waals surface area (Å²) in [5.74, 6) is 2.09. The van der Waals surface area contributed by atoms with Crippen LogP contribution >= 0.6 is 0 Å². The lowest BCUT2D eigenvalue weighted by Gasteiger charge is -2.21. The number of benzene rings is 1. The molecule has 4 nitrogen and oxygen atoms in total. The van der Waals surface area contributed by atoms with Gasteiger partial charge in [0.15, 0.2) is 0 Å². The van der Waals surface area contributed by atoms with Gasteiger partial charge in [0.25, 0.3) is 0 Å². The Morgan fingerprint density at radius 3 is 2.04 bits per heavy atom. The number of nitrogens with zero attached hydrogens (tertiary/aromatic N) is 3. The molecule has 0 saturated carbocycles. The van der Waals surface area contributed by atoms with Gasteiger partial charge in [0.1, 0.15) is 11.4 Å². The van der Waals surface area contributed by atoms with Crippen molar-refractivity contribution in [3.05, 3.63) is 24.3 Å². The smallest absolute Gasteiger partial charge is 0.354 e. The molecule has 0 aliphatic rings. The van der Waals surface area contributed by atoms with E-state index < -0.39 is 0 Å². The average molecular weight is 335 g/mol. The van der Waals surface area contributed by atoms with Crippen LogP contribution in [-0.2, 0) is 0 Å². The molecular formula is C20H36N3O+. The summed E-state index contributed by atoms with van der Waals surface area (Å²) >= 11 is 0. The van der Waals surface area contributed by atoms with Gasteiger partial charge in [-0.15, -0.1) is 0 Å². The van der Waals surface area contributed by atoms with Gasteiger partial charge in [-0.2, -0.15) is 0 Å². The maximum atomic E-state index is 5.86. The molecule has 0 atom stereocenters. The highest BCUT2D eigenvalue weighted by molar-refractivity contribution is 5.91. The monoisotopic (exact) mass is 334 g/mol. The van der Waals surface area contributed by atoms with Crippen molar-refractivity contribution in [1.29, 1.82) is 0 Å². The van der Waals surface area contributed by atoms with Crippen LogP contribution in [0, 0.1) is 0 Å². The number of anilines is 1. The second-order valence-electron chi connectivity index (χ2n) is 6.76. The number of ether oxygens (including phenoxy) is 1. The molecule has 0 aliphatic carbocycles. The van der Waals surface area contributed by atoms with Gasteiger partial charge in [0.2, 0.25) is 0 Å². The van der Waals surface area contributed by atoms with E-state index in [4.69, 9.17) is 4.74 Å². The van der Waals surface area contributed by atoms with Crippen molar-refractivity contribution in [2.45, 2.75) is 45.4 Å². The summed E-state index contributed by atoms with van der Waals surface area (Å²) in [7, 11) is 10.3. The Balaban J connectivity index is 2.47. The first-order valence-electron chi connectivity index (χ1n) is 9.15. The normalized spacial score (nSPS) is 10.4. The first kappa shape index (κ1) is 20.3. The highest BCUT2D eigenvalue weighted by Gasteiger charge is 2.20. The first-order chi connectivity index (χ1) is 11.5. The number of guanidine groups is 1. The summed E-state index contributed by atoms with van der Waals surface area (Å²) in [6.07, 6.45) is 7.75. The van der Waals surface area contributed by atoms with E-state index in [1.54, 1.807) is 0 Å². The Morgan fingerprint density at radius 1 is 0.917 bits per heavy atom. The minimum Gasteiger partial charge on any atom is -0.494 e. The Morgan fingerprint density at radius 2 is 1.50 bits per heavy atom. The summed E-state index contributed by atoms with van der Waals surface area (Å²) in [6, 6.07) is 8.35. The molecule has 0 amide bonds. The third-order valence-electron chi connectivity index (χ3n) is 4.09. The second kappa shape index (κ2) is 11.0. The molecule has 0 bridgehead atoms. The third kappa shape index (κ3) is 6.81. The molecule has 0 unspecified atom stereocenters. The molecule has 4 heteroatoms. The van der Waals surface area contributed by atoms with Crippen molar-refractivity contribution in [3.8, 4) is 5.75 Å². The van der Waals surface area contributed by atoms with Crippen LogP contribution in [0.2, 0.25) is 0 Å². The SMILES string of the molecule is CCCCCCCCOc1ccc(N(C)C(N(C)C)=[N+](C)C)cc1. The number of hydrogen-bond donors (Lipinski definition) is 0. The summed E-state index contributed by atoms with van der Waals surface area (Å²) in [5.41, 5.74) is 1.15. The maximum Gasteiger partial charge on any atom is 0.354 e. The standard InChI is InChI=1S/C20H36N3O/c1-7-8-9-10-11-12-17-24-19-15-13-18(14-16-19)23(6)20(21(2)3)22(4)5/h13-16H,7-12,17H2,1-6H3/q+1. The summed E-state index contributed by atoms with van der Waals surface area (Å²) in [5, 5.41) is 0. The molecule has 1 aromatic rings. The predicted molar refractivity (Wildman–Crippen MR) is 105 cm³/mol. The van der Waals surface area contributed by atoms with Crippen LogP contribution in [0.5, 0.6) is 5.75 Å². The lowest BCUT2D eigenvalue weighted by atomic mass is 10.1. The largest absolute Gasteiger partial charge is 0.494 e. The number of hydrogen-bond acceptors (Lipinski definition) is 1. The highest BCUT2D eigenvalue weighted by Crippen LogP contribution is 2.19. The number of rotatable bonds is 9. The first-order valence-corrected chi connectivity index (χ1v) is 9.15. The lowest BCUT2D eigenvalue weighted by molar-refractivity contribution is -0.470. The van der Waals surface area contributed by atoms with E-state index in [1.807, 2.05) is 0 Å². The Labute approximate surface area is 148 Å². The van der Waals surface area contributed by atoms with Crippen LogP contribution < -0.4 is 9.64 Å². The molecule has 0 heterocycles. The molecule has 24 heavy (non-hydrogen) atoms. The van der Waals surface area contributed by atoms with E-state index in [1.165, 1.54) is 32.1 Å². The molecular weight excluding hydrogens is 298 g/mol. The van der Waals surface area contributed by atoms with Crippen LogP contribution in [-0.4, -0.2) is 57.3 Å². The lowest BCUT2D eigenvalue weighted by Crippen LogP contribution is -2.43. The van der Waals surface area contributed by atoms with Crippen molar-refractivity contribution in [1.82, 2.24) is 4.90 Å². The van der Waals surface area contributed by atoms with E-state index in [-0.39, 0.29) is 0 Å². The molecule has 0 aliphatic heterocycles. The van der Waals surface area contributed by atoms with E-state index in [2.05, 4.69) is 80.8 Å². The van der Waals surface area contributed by atoms with Crippen molar-refractivity contribution in [3.63, 3.8) is 0 Å². The molecule has 0 N–H and O–H groups in total. The fraction of sp³-hybridized carbons (Fsp3) is 0.650. The van der Waals surface area contributed by atoms with Gasteiger partial charge in [-0.3, -0.25) is 9.48 Å². The van der Waals surface area contributed by atoms with Gasteiger partial charge in [0, 0.05) is 0 Å². The minimum atomic E-state index is 0.814. The predicted octanol–water partition coefficient (Wildman–Crippen LogP) is 4.05. The molecule has 0 aromatic heterocycles. The highest BCUT2D eigenvalue weighted by atomic mass is 16.5. The van der Waals surface area contributed by atoms with Gasteiger partial charge in [-0.1, -0.05) is 39.0 Å². The Hall–Kier alpha value is -1.71. The minimum absolute atomic E-state index is 0.814. The zero-order valence-corrected chi connectivity index (χ0v) is 16.5. The average Bonchev–Trinajstić information content (AvgIpc) is 2.54. The van der Waals surface area contributed by atoms with Gasteiger partial charge in [0.05, 0.1) is 41.8 Å². The van der Waals surface area contributed by atoms with E-state index in [0.717, 1.165) is 30.4 Å². The molecule has 0 saturated heterocycles. The summed E-state index contributed by atoms with van der Waals surface area (Å²) in [6.45, 7) is 3.07. The van der Waals surface area contributed by atoms with Gasteiger partial charge in [-0.25, -0.2) is 4.90 Å². The van der Waals surface area contributed by atoms with Crippen LogP contribution in [0.3, 0.4) is 0 Å². The van der Waals surface area contributed by atoms with Crippen LogP contribution in [0.4, 0.5) is 5.69 Å². The number of unbranched alkanes of at least 4 members (excludes halogenated alkanes) is 5. The zero-order valence-electron chi connectivity index (χ0n) is 16.5. The maximum absolute atomic E-state index is 5.86.